The van der Waals surface area contributed by atoms with E-state index in [2.05, 4.69) is 15.9 Å². The molecule has 0 N–H and O–H groups in total. The Hall–Kier alpha value is -0.810. The number of benzene rings is 1. The van der Waals surface area contributed by atoms with E-state index < -0.39 is 0 Å². The molecule has 0 saturated carbocycles. The molecule has 0 radical (unpaired) electrons. The van der Waals surface area contributed by atoms with Gasteiger partial charge in [0.25, 0.3) is 0 Å². The molecule has 0 aliphatic carbocycles. The van der Waals surface area contributed by atoms with Crippen LogP contribution in [0.15, 0.2) is 23.1 Å². The van der Waals surface area contributed by atoms with Gasteiger partial charge >= 0.3 is 5.97 Å². The Morgan fingerprint density at radius 1 is 1.50 bits per heavy atom. The number of fused-ring (bicyclic) bond motifs is 1. The summed E-state index contributed by atoms with van der Waals surface area (Å²) in [6.45, 7) is 2.21. The first-order valence-electron chi connectivity index (χ1n) is 5.71. The first kappa shape index (κ1) is 13.6. The van der Waals surface area contributed by atoms with E-state index in [0.29, 0.717) is 23.9 Å². The third-order valence-electron chi connectivity index (χ3n) is 2.73. The zero-order chi connectivity index (χ0) is 13.1. The van der Waals surface area contributed by atoms with E-state index in [1.807, 2.05) is 18.2 Å². The summed E-state index contributed by atoms with van der Waals surface area (Å²) >= 11 is 4.67. The monoisotopic (exact) mass is 328 g/mol. The normalized spacial score (nSPS) is 17.3. The first-order valence-corrected chi connectivity index (χ1v) is 7.71. The molecule has 1 unspecified atom stereocenters. The molecule has 3 nitrogen and oxygen atoms in total. The third kappa shape index (κ3) is 2.78. The molecule has 1 atom stereocenters. The number of ketones is 1. The molecule has 0 amide bonds. The van der Waals surface area contributed by atoms with Crippen LogP contribution in [-0.2, 0) is 16.0 Å². The summed E-state index contributed by atoms with van der Waals surface area (Å²) in [6.07, 6.45) is 0.641. The van der Waals surface area contributed by atoms with Crippen molar-refractivity contribution in [3.63, 3.8) is 0 Å². The summed E-state index contributed by atoms with van der Waals surface area (Å²) in [5.41, 5.74) is 1.75. The third-order valence-corrected chi connectivity index (χ3v) is 4.53. The predicted octanol–water partition coefficient (Wildman–Crippen LogP) is 2.84. The molecule has 0 spiro atoms. The SMILES string of the molecule is CCOC(=O)C1Cc2cc(C(=O)CBr)ccc2S1. The number of hydrogen-bond donors (Lipinski definition) is 0. The van der Waals surface area contributed by atoms with Crippen molar-refractivity contribution in [2.45, 2.75) is 23.5 Å². The van der Waals surface area contributed by atoms with Crippen LogP contribution in [0.3, 0.4) is 0 Å². The lowest BCUT2D eigenvalue weighted by atomic mass is 10.0. The quantitative estimate of drug-likeness (QED) is 0.484. The van der Waals surface area contributed by atoms with Gasteiger partial charge in [-0.15, -0.1) is 11.8 Å². The van der Waals surface area contributed by atoms with Crippen LogP contribution in [0.2, 0.25) is 0 Å². The Kier molecular flexibility index (Phi) is 4.45. The number of hydrogen-bond acceptors (Lipinski definition) is 4. The Labute approximate surface area is 118 Å². The molecule has 0 saturated heterocycles. The molecular weight excluding hydrogens is 316 g/mol. The van der Waals surface area contributed by atoms with Crippen molar-refractivity contribution in [3.8, 4) is 0 Å². The van der Waals surface area contributed by atoms with Crippen molar-refractivity contribution >= 4 is 39.4 Å². The molecule has 1 aromatic carbocycles. The summed E-state index contributed by atoms with van der Waals surface area (Å²) in [6, 6.07) is 5.60. The smallest absolute Gasteiger partial charge is 0.319 e. The molecule has 2 rings (SSSR count). The number of Topliss-reactive ketones (excluding diaryl/α,β-unsaturated/α-hetero) is 1. The summed E-state index contributed by atoms with van der Waals surface area (Å²) < 4.78 is 5.02. The number of thioether (sulfide) groups is 1. The van der Waals surface area contributed by atoms with E-state index in [4.69, 9.17) is 4.74 Å². The lowest BCUT2D eigenvalue weighted by Crippen LogP contribution is -2.19. The average Bonchev–Trinajstić information content (AvgIpc) is 2.80. The molecule has 1 aromatic rings. The maximum atomic E-state index is 11.7. The lowest BCUT2D eigenvalue weighted by molar-refractivity contribution is -0.142. The van der Waals surface area contributed by atoms with Crippen LogP contribution in [-0.4, -0.2) is 28.9 Å². The van der Waals surface area contributed by atoms with Crippen LogP contribution in [0.25, 0.3) is 0 Å². The predicted molar refractivity (Wildman–Crippen MR) is 74.5 cm³/mol. The number of alkyl halides is 1. The van der Waals surface area contributed by atoms with Gasteiger partial charge in [0.2, 0.25) is 0 Å². The Bertz CT molecular complexity index is 487. The van der Waals surface area contributed by atoms with Gasteiger partial charge in [-0.05, 0) is 31.0 Å². The highest BCUT2D eigenvalue weighted by molar-refractivity contribution is 9.09. The maximum Gasteiger partial charge on any atom is 0.319 e. The largest absolute Gasteiger partial charge is 0.465 e. The van der Waals surface area contributed by atoms with Crippen LogP contribution < -0.4 is 0 Å². The highest BCUT2D eigenvalue weighted by atomic mass is 79.9. The molecule has 1 heterocycles. The van der Waals surface area contributed by atoms with Crippen molar-refractivity contribution in [1.82, 2.24) is 0 Å². The van der Waals surface area contributed by atoms with Gasteiger partial charge in [-0.2, -0.15) is 0 Å². The van der Waals surface area contributed by atoms with E-state index in [0.717, 1.165) is 10.5 Å². The van der Waals surface area contributed by atoms with Crippen molar-refractivity contribution < 1.29 is 14.3 Å². The molecule has 1 aliphatic rings. The molecule has 18 heavy (non-hydrogen) atoms. The zero-order valence-electron chi connectivity index (χ0n) is 9.94. The Morgan fingerprint density at radius 2 is 2.28 bits per heavy atom. The fourth-order valence-electron chi connectivity index (χ4n) is 1.87. The van der Waals surface area contributed by atoms with Crippen LogP contribution in [0, 0.1) is 0 Å². The maximum absolute atomic E-state index is 11.7. The van der Waals surface area contributed by atoms with Crippen molar-refractivity contribution in [2.75, 3.05) is 11.9 Å². The van der Waals surface area contributed by atoms with Gasteiger partial charge in [0, 0.05) is 10.5 Å². The summed E-state index contributed by atoms with van der Waals surface area (Å²) in [5, 5.41) is 0.148. The molecule has 0 aromatic heterocycles. The van der Waals surface area contributed by atoms with Gasteiger partial charge in [-0.1, -0.05) is 22.0 Å². The molecule has 0 bridgehead atoms. The second-order valence-corrected chi connectivity index (χ2v) is 5.75. The van der Waals surface area contributed by atoms with Crippen LogP contribution in [0.5, 0.6) is 0 Å². The van der Waals surface area contributed by atoms with Gasteiger partial charge in [0.05, 0.1) is 11.9 Å². The number of esters is 1. The molecule has 0 fully saturated rings. The molecular formula is C13H13BrO3S. The van der Waals surface area contributed by atoms with Gasteiger partial charge < -0.3 is 4.74 Å². The molecule has 96 valence electrons. The fraction of sp³-hybridized carbons (Fsp3) is 0.385. The highest BCUT2D eigenvalue weighted by Gasteiger charge is 2.29. The van der Waals surface area contributed by atoms with E-state index in [1.165, 1.54) is 11.8 Å². The summed E-state index contributed by atoms with van der Waals surface area (Å²) in [5.74, 6) is -0.116. The summed E-state index contributed by atoms with van der Waals surface area (Å²) in [4.78, 5) is 24.3. The summed E-state index contributed by atoms with van der Waals surface area (Å²) in [7, 11) is 0. The van der Waals surface area contributed by atoms with E-state index in [1.54, 1.807) is 6.92 Å². The topological polar surface area (TPSA) is 43.4 Å². The van der Waals surface area contributed by atoms with Crippen molar-refractivity contribution in [1.29, 1.82) is 0 Å². The van der Waals surface area contributed by atoms with E-state index in [9.17, 15) is 9.59 Å². The number of rotatable bonds is 4. The van der Waals surface area contributed by atoms with Crippen LogP contribution in [0.4, 0.5) is 0 Å². The van der Waals surface area contributed by atoms with Gasteiger partial charge in [-0.25, -0.2) is 0 Å². The van der Waals surface area contributed by atoms with E-state index >= 15 is 0 Å². The number of ether oxygens (including phenoxy) is 1. The average molecular weight is 329 g/mol. The second-order valence-electron chi connectivity index (χ2n) is 3.94. The standard InChI is InChI=1S/C13H13BrO3S/c1-2-17-13(16)12-6-9-5-8(10(15)7-14)3-4-11(9)18-12/h3-5,12H,2,6-7H2,1H3. The van der Waals surface area contributed by atoms with E-state index in [-0.39, 0.29) is 17.0 Å². The minimum absolute atomic E-state index is 0.0578. The lowest BCUT2D eigenvalue weighted by Gasteiger charge is -2.06. The second kappa shape index (κ2) is 5.89. The minimum Gasteiger partial charge on any atom is -0.465 e. The first-order chi connectivity index (χ1) is 8.65. The Morgan fingerprint density at radius 3 is 2.94 bits per heavy atom. The number of carbonyl (C=O) groups is 2. The van der Waals surface area contributed by atoms with Crippen molar-refractivity contribution in [2.24, 2.45) is 0 Å². The van der Waals surface area contributed by atoms with Crippen LogP contribution >= 0.6 is 27.7 Å². The van der Waals surface area contributed by atoms with Gasteiger partial charge in [0.1, 0.15) is 5.25 Å². The molecule has 1 aliphatic heterocycles. The zero-order valence-corrected chi connectivity index (χ0v) is 12.3. The fourth-order valence-corrected chi connectivity index (χ4v) is 3.36. The van der Waals surface area contributed by atoms with Crippen molar-refractivity contribution in [3.05, 3.63) is 29.3 Å². The minimum atomic E-state index is -0.174. The number of halogens is 1. The van der Waals surface area contributed by atoms with Gasteiger partial charge in [-0.3, -0.25) is 9.59 Å². The van der Waals surface area contributed by atoms with Crippen LogP contribution in [0.1, 0.15) is 22.8 Å². The van der Waals surface area contributed by atoms with Gasteiger partial charge in [0.15, 0.2) is 5.78 Å². The Balaban J connectivity index is 2.15. The molecule has 5 heteroatoms. The highest BCUT2D eigenvalue weighted by Crippen LogP contribution is 2.38. The number of carbonyl (C=O) groups excluding carboxylic acids is 2.